The fourth-order valence-corrected chi connectivity index (χ4v) is 2.16. The van der Waals surface area contributed by atoms with Crippen LogP contribution in [0.1, 0.15) is 30.3 Å². The minimum absolute atomic E-state index is 0.216. The Morgan fingerprint density at radius 2 is 2.47 bits per heavy atom. The number of hydrogen-bond acceptors (Lipinski definition) is 3. The second-order valence-electron chi connectivity index (χ2n) is 4.26. The maximum Gasteiger partial charge on any atom is 0.101 e. The monoisotopic (exact) mass is 210 g/mol. The molecule has 1 aromatic rings. The molecule has 0 spiro atoms. The Morgan fingerprint density at radius 3 is 3.00 bits per heavy atom. The average molecular weight is 210 g/mol. The molecule has 0 aromatic carbocycles. The third kappa shape index (κ3) is 2.21. The molecule has 0 bridgehead atoms. The Balaban J connectivity index is 2.12. The highest BCUT2D eigenvalue weighted by molar-refractivity contribution is 5.12. The lowest BCUT2D eigenvalue weighted by molar-refractivity contribution is -0.0128. The lowest BCUT2D eigenvalue weighted by atomic mass is 9.94. The van der Waals surface area contributed by atoms with E-state index in [4.69, 9.17) is 4.74 Å². The normalized spacial score (nSPS) is 24.1. The molecule has 1 aliphatic heterocycles. The molecule has 0 amide bonds. The summed E-state index contributed by atoms with van der Waals surface area (Å²) < 4.78 is 7.14. The lowest BCUT2D eigenvalue weighted by Gasteiger charge is -2.26. The molecule has 1 N–H and O–H groups in total. The van der Waals surface area contributed by atoms with Gasteiger partial charge in [-0.15, -0.1) is 0 Å². The number of nitrogens with zero attached hydrogens (tertiary/aromatic N) is 2. The molecule has 0 radical (unpaired) electrons. The number of aromatic nitrogens is 2. The van der Waals surface area contributed by atoms with Gasteiger partial charge in [0.2, 0.25) is 0 Å². The quantitative estimate of drug-likeness (QED) is 0.797. The summed E-state index contributed by atoms with van der Waals surface area (Å²) >= 11 is 0. The fraction of sp³-hybridized carbons (Fsp3) is 0.727. The van der Waals surface area contributed by atoms with Gasteiger partial charge in [0.15, 0.2) is 0 Å². The van der Waals surface area contributed by atoms with Gasteiger partial charge in [-0.25, -0.2) is 0 Å². The Labute approximate surface area is 89.9 Å². The third-order valence-corrected chi connectivity index (χ3v) is 2.98. The standard InChI is InChI=1S/C11H18N2O2/c1-8-6-10(13(2)12-8)11(14)9-4-3-5-15-7-9/h6,9,11,14H,3-5,7H2,1-2H3. The summed E-state index contributed by atoms with van der Waals surface area (Å²) in [5.41, 5.74) is 1.84. The smallest absolute Gasteiger partial charge is 0.101 e. The average Bonchev–Trinajstić information content (AvgIpc) is 2.58. The van der Waals surface area contributed by atoms with Crippen molar-refractivity contribution >= 4 is 0 Å². The van der Waals surface area contributed by atoms with Crippen LogP contribution in [0.5, 0.6) is 0 Å². The van der Waals surface area contributed by atoms with Crippen molar-refractivity contribution in [1.29, 1.82) is 0 Å². The van der Waals surface area contributed by atoms with Gasteiger partial charge in [0.05, 0.1) is 18.0 Å². The number of hydrogen-bond donors (Lipinski definition) is 1. The first-order chi connectivity index (χ1) is 7.18. The van der Waals surface area contributed by atoms with Crippen molar-refractivity contribution in [3.63, 3.8) is 0 Å². The summed E-state index contributed by atoms with van der Waals surface area (Å²) in [4.78, 5) is 0. The summed E-state index contributed by atoms with van der Waals surface area (Å²) in [6.45, 7) is 3.42. The van der Waals surface area contributed by atoms with Crippen LogP contribution in [0.2, 0.25) is 0 Å². The van der Waals surface area contributed by atoms with Crippen LogP contribution >= 0.6 is 0 Å². The number of aliphatic hydroxyl groups is 1. The van der Waals surface area contributed by atoms with Crippen molar-refractivity contribution in [1.82, 2.24) is 9.78 Å². The highest BCUT2D eigenvalue weighted by atomic mass is 16.5. The van der Waals surface area contributed by atoms with E-state index in [0.717, 1.165) is 30.8 Å². The van der Waals surface area contributed by atoms with E-state index in [2.05, 4.69) is 5.10 Å². The second kappa shape index (κ2) is 4.33. The molecular weight excluding hydrogens is 192 g/mol. The van der Waals surface area contributed by atoms with Crippen LogP contribution in [0.25, 0.3) is 0 Å². The van der Waals surface area contributed by atoms with Crippen molar-refractivity contribution in [2.24, 2.45) is 13.0 Å². The Morgan fingerprint density at radius 1 is 1.67 bits per heavy atom. The van der Waals surface area contributed by atoms with Crippen LogP contribution in [-0.4, -0.2) is 28.1 Å². The molecular formula is C11H18N2O2. The molecule has 2 unspecified atom stereocenters. The number of ether oxygens (including phenoxy) is 1. The first-order valence-electron chi connectivity index (χ1n) is 5.45. The molecule has 1 fully saturated rings. The number of rotatable bonds is 2. The van der Waals surface area contributed by atoms with Crippen molar-refractivity contribution in [2.75, 3.05) is 13.2 Å². The summed E-state index contributed by atoms with van der Waals surface area (Å²) in [5.74, 6) is 0.216. The molecule has 2 atom stereocenters. The van der Waals surface area contributed by atoms with Gasteiger partial charge in [0.1, 0.15) is 6.10 Å². The minimum Gasteiger partial charge on any atom is -0.386 e. The zero-order chi connectivity index (χ0) is 10.8. The van der Waals surface area contributed by atoms with Crippen molar-refractivity contribution < 1.29 is 9.84 Å². The Bertz CT molecular complexity index is 329. The van der Waals surface area contributed by atoms with Crippen LogP contribution in [0.3, 0.4) is 0 Å². The first kappa shape index (κ1) is 10.6. The van der Waals surface area contributed by atoms with Gasteiger partial charge < -0.3 is 9.84 Å². The van der Waals surface area contributed by atoms with Gasteiger partial charge in [-0.3, -0.25) is 4.68 Å². The summed E-state index contributed by atoms with van der Waals surface area (Å²) in [7, 11) is 1.87. The molecule has 84 valence electrons. The van der Waals surface area contributed by atoms with E-state index in [1.807, 2.05) is 20.0 Å². The first-order valence-corrected chi connectivity index (χ1v) is 5.45. The van der Waals surface area contributed by atoms with Crippen molar-refractivity contribution in [3.05, 3.63) is 17.5 Å². The fourth-order valence-electron chi connectivity index (χ4n) is 2.16. The summed E-state index contributed by atoms with van der Waals surface area (Å²) in [6.07, 6.45) is 1.63. The van der Waals surface area contributed by atoms with E-state index in [9.17, 15) is 5.11 Å². The van der Waals surface area contributed by atoms with Gasteiger partial charge >= 0.3 is 0 Å². The molecule has 0 saturated carbocycles. The Hall–Kier alpha value is -0.870. The minimum atomic E-state index is -0.448. The maximum atomic E-state index is 10.2. The summed E-state index contributed by atoms with van der Waals surface area (Å²) in [6, 6.07) is 1.94. The predicted molar refractivity (Wildman–Crippen MR) is 56.4 cm³/mol. The second-order valence-corrected chi connectivity index (χ2v) is 4.26. The molecule has 4 heteroatoms. The molecule has 1 saturated heterocycles. The van der Waals surface area contributed by atoms with Gasteiger partial charge in [0.25, 0.3) is 0 Å². The van der Waals surface area contributed by atoms with Gasteiger partial charge in [0, 0.05) is 19.6 Å². The zero-order valence-electron chi connectivity index (χ0n) is 9.31. The number of aliphatic hydroxyl groups excluding tert-OH is 1. The topological polar surface area (TPSA) is 47.3 Å². The van der Waals surface area contributed by atoms with Crippen LogP contribution < -0.4 is 0 Å². The van der Waals surface area contributed by atoms with E-state index in [-0.39, 0.29) is 5.92 Å². The molecule has 4 nitrogen and oxygen atoms in total. The largest absolute Gasteiger partial charge is 0.386 e. The third-order valence-electron chi connectivity index (χ3n) is 2.98. The lowest BCUT2D eigenvalue weighted by Crippen LogP contribution is -2.25. The van der Waals surface area contributed by atoms with Crippen molar-refractivity contribution in [3.8, 4) is 0 Å². The van der Waals surface area contributed by atoms with Gasteiger partial charge in [-0.05, 0) is 25.8 Å². The van der Waals surface area contributed by atoms with Crippen LogP contribution in [0.4, 0.5) is 0 Å². The SMILES string of the molecule is Cc1cc(C(O)C2CCCOC2)n(C)n1. The number of aryl methyl sites for hydroxylation is 2. The predicted octanol–water partition coefficient (Wildman–Crippen LogP) is 1.19. The highest BCUT2D eigenvalue weighted by Gasteiger charge is 2.25. The molecule has 0 aliphatic carbocycles. The van der Waals surface area contributed by atoms with E-state index in [1.54, 1.807) is 4.68 Å². The van der Waals surface area contributed by atoms with Crippen molar-refractivity contribution in [2.45, 2.75) is 25.9 Å². The zero-order valence-corrected chi connectivity index (χ0v) is 9.31. The van der Waals surface area contributed by atoms with Gasteiger partial charge in [-0.2, -0.15) is 5.10 Å². The van der Waals surface area contributed by atoms with Crippen LogP contribution in [-0.2, 0) is 11.8 Å². The summed E-state index contributed by atoms with van der Waals surface area (Å²) in [5, 5.41) is 14.4. The highest BCUT2D eigenvalue weighted by Crippen LogP contribution is 2.28. The molecule has 1 aromatic heterocycles. The van der Waals surface area contributed by atoms with Crippen LogP contribution in [0.15, 0.2) is 6.07 Å². The molecule has 2 rings (SSSR count). The van der Waals surface area contributed by atoms with E-state index >= 15 is 0 Å². The van der Waals surface area contributed by atoms with Gasteiger partial charge in [-0.1, -0.05) is 0 Å². The van der Waals surface area contributed by atoms with E-state index < -0.39 is 6.10 Å². The molecule has 15 heavy (non-hydrogen) atoms. The Kier molecular flexibility index (Phi) is 3.07. The molecule has 2 heterocycles. The van der Waals surface area contributed by atoms with E-state index in [0.29, 0.717) is 6.61 Å². The van der Waals surface area contributed by atoms with Crippen LogP contribution in [0, 0.1) is 12.8 Å². The maximum absolute atomic E-state index is 10.2. The molecule has 1 aliphatic rings. The van der Waals surface area contributed by atoms with E-state index in [1.165, 1.54) is 0 Å².